The summed E-state index contributed by atoms with van der Waals surface area (Å²) in [6.07, 6.45) is 8.17. The van der Waals surface area contributed by atoms with Crippen LogP contribution in [0.4, 0.5) is 0 Å². The van der Waals surface area contributed by atoms with Crippen LogP contribution >= 0.6 is 0 Å². The van der Waals surface area contributed by atoms with Gasteiger partial charge in [0.15, 0.2) is 11.5 Å². The average Bonchev–Trinajstić information content (AvgIpc) is 3.16. The molecule has 1 aromatic carbocycles. The van der Waals surface area contributed by atoms with Crippen molar-refractivity contribution in [1.29, 1.82) is 0 Å². The van der Waals surface area contributed by atoms with Crippen LogP contribution in [0, 0.1) is 5.92 Å². The smallest absolute Gasteiger partial charge is 0.255 e. The molecule has 26 heavy (non-hydrogen) atoms. The Morgan fingerprint density at radius 1 is 1.15 bits per heavy atom. The first kappa shape index (κ1) is 18.5. The molecule has 1 N–H and O–H groups in total. The van der Waals surface area contributed by atoms with Crippen LogP contribution in [-0.2, 0) is 4.79 Å². The Bertz CT molecular complexity index is 704. The van der Waals surface area contributed by atoms with Gasteiger partial charge in [0.25, 0.3) is 5.91 Å². The topological polar surface area (TPSA) is 64.6 Å². The molecule has 1 fully saturated rings. The Labute approximate surface area is 154 Å². The van der Waals surface area contributed by atoms with E-state index in [9.17, 15) is 9.59 Å². The number of ether oxygens (including phenoxy) is 2. The number of hydrogen-bond acceptors (Lipinski definition) is 4. The predicted molar refractivity (Wildman–Crippen MR) is 99.4 cm³/mol. The van der Waals surface area contributed by atoms with E-state index in [1.165, 1.54) is 12.8 Å². The molecule has 1 saturated carbocycles. The van der Waals surface area contributed by atoms with Crippen LogP contribution < -0.4 is 14.8 Å². The van der Waals surface area contributed by atoms with Crippen LogP contribution in [0.2, 0.25) is 0 Å². The van der Waals surface area contributed by atoms with E-state index in [-0.39, 0.29) is 17.9 Å². The largest absolute Gasteiger partial charge is 0.493 e. The van der Waals surface area contributed by atoms with Crippen molar-refractivity contribution in [2.24, 2.45) is 5.92 Å². The summed E-state index contributed by atoms with van der Waals surface area (Å²) < 4.78 is 11.5. The zero-order valence-corrected chi connectivity index (χ0v) is 15.5. The van der Waals surface area contributed by atoms with Crippen molar-refractivity contribution in [3.63, 3.8) is 0 Å². The van der Waals surface area contributed by atoms with Crippen LogP contribution in [0.15, 0.2) is 29.5 Å². The highest BCUT2D eigenvalue weighted by molar-refractivity contribution is 5.96. The lowest BCUT2D eigenvalue weighted by molar-refractivity contribution is -0.110. The fourth-order valence-electron chi connectivity index (χ4n) is 3.77. The molecule has 1 aromatic rings. The van der Waals surface area contributed by atoms with Crippen molar-refractivity contribution in [3.05, 3.63) is 35.0 Å². The van der Waals surface area contributed by atoms with E-state index in [0.717, 1.165) is 49.7 Å². The van der Waals surface area contributed by atoms with Gasteiger partial charge in [-0.05, 0) is 75.6 Å². The number of methoxy groups -OCH3 is 1. The second-order valence-corrected chi connectivity index (χ2v) is 7.14. The zero-order chi connectivity index (χ0) is 18.5. The standard InChI is InChI=1S/C21H27NO4/c1-14-16(13-23)6-5-9-18(14)22-21(24)15-10-11-19(25-2)20(12-15)26-17-7-3-4-8-17/h10-13,16-17H,3-9H2,1-2H3,(H,22,24). The molecular formula is C21H27NO4. The molecular weight excluding hydrogens is 330 g/mol. The van der Waals surface area contributed by atoms with Gasteiger partial charge in [-0.2, -0.15) is 0 Å². The summed E-state index contributed by atoms with van der Waals surface area (Å²) in [5, 5.41) is 2.99. The highest BCUT2D eigenvalue weighted by Crippen LogP contribution is 2.33. The fraction of sp³-hybridized carbons (Fsp3) is 0.524. The van der Waals surface area contributed by atoms with Gasteiger partial charge < -0.3 is 19.6 Å². The summed E-state index contributed by atoms with van der Waals surface area (Å²) in [7, 11) is 1.60. The van der Waals surface area contributed by atoms with Crippen molar-refractivity contribution in [2.75, 3.05) is 7.11 Å². The van der Waals surface area contributed by atoms with Gasteiger partial charge >= 0.3 is 0 Å². The highest BCUT2D eigenvalue weighted by Gasteiger charge is 2.22. The molecule has 0 aliphatic heterocycles. The number of rotatable bonds is 6. The molecule has 0 aromatic heterocycles. The van der Waals surface area contributed by atoms with Crippen molar-refractivity contribution in [2.45, 2.75) is 58.0 Å². The van der Waals surface area contributed by atoms with Crippen molar-refractivity contribution < 1.29 is 19.1 Å². The lowest BCUT2D eigenvalue weighted by Gasteiger charge is -2.23. The van der Waals surface area contributed by atoms with Gasteiger partial charge in [0.2, 0.25) is 0 Å². The summed E-state index contributed by atoms with van der Waals surface area (Å²) in [5.41, 5.74) is 2.37. The van der Waals surface area contributed by atoms with E-state index in [1.807, 2.05) is 6.92 Å². The number of carbonyl (C=O) groups is 2. The molecule has 0 bridgehead atoms. The molecule has 1 unspecified atom stereocenters. The Balaban J connectivity index is 1.77. The lowest BCUT2D eigenvalue weighted by Crippen LogP contribution is -2.27. The maximum Gasteiger partial charge on any atom is 0.255 e. The normalized spacial score (nSPS) is 20.8. The first-order valence-corrected chi connectivity index (χ1v) is 9.43. The van der Waals surface area contributed by atoms with Crippen LogP contribution in [0.25, 0.3) is 0 Å². The van der Waals surface area contributed by atoms with Crippen molar-refractivity contribution in [3.8, 4) is 11.5 Å². The molecule has 2 aliphatic rings. The number of allylic oxidation sites excluding steroid dienone is 2. The number of aldehydes is 1. The van der Waals surface area contributed by atoms with E-state index >= 15 is 0 Å². The fourth-order valence-corrected chi connectivity index (χ4v) is 3.77. The Morgan fingerprint density at radius 3 is 2.62 bits per heavy atom. The summed E-state index contributed by atoms with van der Waals surface area (Å²) in [6, 6.07) is 5.27. The number of hydrogen-bond donors (Lipinski definition) is 1. The minimum absolute atomic E-state index is 0.0869. The monoisotopic (exact) mass is 357 g/mol. The van der Waals surface area contributed by atoms with Gasteiger partial charge in [-0.1, -0.05) is 0 Å². The average molecular weight is 357 g/mol. The van der Waals surface area contributed by atoms with Crippen LogP contribution in [-0.4, -0.2) is 25.4 Å². The molecule has 1 atom stereocenters. The third-order valence-corrected chi connectivity index (χ3v) is 5.42. The van der Waals surface area contributed by atoms with Gasteiger partial charge in [0, 0.05) is 17.2 Å². The number of benzene rings is 1. The molecule has 140 valence electrons. The lowest BCUT2D eigenvalue weighted by atomic mass is 9.87. The molecule has 0 spiro atoms. The Morgan fingerprint density at radius 2 is 1.92 bits per heavy atom. The predicted octanol–water partition coefficient (Wildman–Crippen LogP) is 4.02. The van der Waals surface area contributed by atoms with Crippen molar-refractivity contribution >= 4 is 12.2 Å². The number of nitrogens with one attached hydrogen (secondary N) is 1. The molecule has 2 aliphatic carbocycles. The maximum absolute atomic E-state index is 12.7. The molecule has 3 rings (SSSR count). The minimum Gasteiger partial charge on any atom is -0.493 e. The SMILES string of the molecule is COc1ccc(C(=O)NC2=C(C)C(C=O)CCC2)cc1OC1CCCC1. The summed E-state index contributed by atoms with van der Waals surface area (Å²) in [4.78, 5) is 23.9. The number of amides is 1. The van der Waals surface area contributed by atoms with Gasteiger partial charge in [0.1, 0.15) is 6.29 Å². The van der Waals surface area contributed by atoms with E-state index in [1.54, 1.807) is 25.3 Å². The van der Waals surface area contributed by atoms with E-state index in [4.69, 9.17) is 9.47 Å². The summed E-state index contributed by atoms with van der Waals surface area (Å²) in [6.45, 7) is 1.93. The first-order valence-electron chi connectivity index (χ1n) is 9.43. The molecule has 1 amide bonds. The molecule has 0 heterocycles. The quantitative estimate of drug-likeness (QED) is 0.781. The van der Waals surface area contributed by atoms with Gasteiger partial charge in [-0.15, -0.1) is 0 Å². The van der Waals surface area contributed by atoms with Gasteiger partial charge in [-0.25, -0.2) is 0 Å². The second kappa shape index (κ2) is 8.39. The van der Waals surface area contributed by atoms with Crippen LogP contribution in [0.3, 0.4) is 0 Å². The maximum atomic E-state index is 12.7. The van der Waals surface area contributed by atoms with Gasteiger partial charge in [0.05, 0.1) is 13.2 Å². The summed E-state index contributed by atoms with van der Waals surface area (Å²) >= 11 is 0. The highest BCUT2D eigenvalue weighted by atomic mass is 16.5. The van der Waals surface area contributed by atoms with Gasteiger partial charge in [-0.3, -0.25) is 4.79 Å². The molecule has 5 heteroatoms. The third-order valence-electron chi connectivity index (χ3n) is 5.42. The van der Waals surface area contributed by atoms with E-state index in [0.29, 0.717) is 17.1 Å². The second-order valence-electron chi connectivity index (χ2n) is 7.14. The third kappa shape index (κ3) is 4.09. The van der Waals surface area contributed by atoms with Crippen LogP contribution in [0.1, 0.15) is 62.2 Å². The Hall–Kier alpha value is -2.30. The summed E-state index contributed by atoms with van der Waals surface area (Å²) in [5.74, 6) is 0.996. The van der Waals surface area contributed by atoms with Crippen molar-refractivity contribution in [1.82, 2.24) is 5.32 Å². The Kier molecular flexibility index (Phi) is 5.96. The number of carbonyl (C=O) groups excluding carboxylic acids is 2. The van der Waals surface area contributed by atoms with E-state index in [2.05, 4.69) is 5.32 Å². The molecule has 0 saturated heterocycles. The first-order chi connectivity index (χ1) is 12.6. The molecule has 0 radical (unpaired) electrons. The molecule has 5 nitrogen and oxygen atoms in total. The van der Waals surface area contributed by atoms with E-state index < -0.39 is 0 Å². The minimum atomic E-state index is -0.176. The zero-order valence-electron chi connectivity index (χ0n) is 15.5. The van der Waals surface area contributed by atoms with Crippen LogP contribution in [0.5, 0.6) is 11.5 Å².